The van der Waals surface area contributed by atoms with Gasteiger partial charge in [-0.1, -0.05) is 30.3 Å². The second-order valence-electron chi connectivity index (χ2n) is 7.62. The first-order valence-corrected chi connectivity index (χ1v) is 9.39. The van der Waals surface area contributed by atoms with Crippen molar-refractivity contribution in [2.75, 3.05) is 4.90 Å². The van der Waals surface area contributed by atoms with E-state index < -0.39 is 5.97 Å². The van der Waals surface area contributed by atoms with E-state index in [9.17, 15) is 14.4 Å². The van der Waals surface area contributed by atoms with Gasteiger partial charge in [0.1, 0.15) is 0 Å². The van der Waals surface area contributed by atoms with Crippen molar-refractivity contribution >= 4 is 23.5 Å². The van der Waals surface area contributed by atoms with Crippen LogP contribution in [-0.4, -0.2) is 17.8 Å². The second-order valence-corrected chi connectivity index (χ2v) is 7.62. The topological polar surface area (TPSA) is 63.7 Å². The Balaban J connectivity index is 1.47. The van der Waals surface area contributed by atoms with Crippen LogP contribution in [0.4, 0.5) is 5.69 Å². The number of benzene rings is 2. The number of nitrogens with zero attached hydrogens (tertiary/aromatic N) is 1. The number of carbonyl (C=O) groups is 3. The third kappa shape index (κ3) is 2.41. The van der Waals surface area contributed by atoms with E-state index in [1.807, 2.05) is 6.07 Å². The number of fused-ring (bicyclic) bond motifs is 5. The second kappa shape index (κ2) is 6.05. The largest absolute Gasteiger partial charge is 0.421 e. The summed E-state index contributed by atoms with van der Waals surface area (Å²) in [6, 6.07) is 15.4. The van der Waals surface area contributed by atoms with Gasteiger partial charge in [-0.3, -0.25) is 9.59 Å². The Bertz CT molecular complexity index is 910. The third-order valence-corrected chi connectivity index (χ3v) is 6.25. The highest BCUT2D eigenvalue weighted by Gasteiger charge is 2.61. The van der Waals surface area contributed by atoms with E-state index in [4.69, 9.17) is 4.74 Å². The van der Waals surface area contributed by atoms with Crippen molar-refractivity contribution in [2.24, 2.45) is 23.7 Å². The molecule has 3 fully saturated rings. The molecule has 0 N–H and O–H groups in total. The minimum Gasteiger partial charge on any atom is -0.421 e. The Kier molecular flexibility index (Phi) is 3.64. The van der Waals surface area contributed by atoms with Crippen molar-refractivity contribution in [1.29, 1.82) is 0 Å². The number of para-hydroxylation sites is 2. The first kappa shape index (κ1) is 16.2. The van der Waals surface area contributed by atoms with E-state index in [0.29, 0.717) is 23.1 Å². The van der Waals surface area contributed by atoms with Gasteiger partial charge < -0.3 is 4.74 Å². The van der Waals surface area contributed by atoms with Gasteiger partial charge in [0.25, 0.3) is 0 Å². The van der Waals surface area contributed by atoms with Gasteiger partial charge in [-0.25, -0.2) is 9.69 Å². The lowest BCUT2D eigenvalue weighted by atomic mass is 9.81. The summed E-state index contributed by atoms with van der Waals surface area (Å²) in [4.78, 5) is 39.8. The predicted octanol–water partition coefficient (Wildman–Crippen LogP) is 3.44. The summed E-state index contributed by atoms with van der Waals surface area (Å²) in [5.41, 5.74) is 0.784. The molecule has 2 aliphatic carbocycles. The maximum atomic E-state index is 13.1. The molecule has 0 spiro atoms. The van der Waals surface area contributed by atoms with Gasteiger partial charge in [0.15, 0.2) is 5.75 Å². The average molecular weight is 361 g/mol. The van der Waals surface area contributed by atoms with Gasteiger partial charge in [-0.05, 0) is 55.4 Å². The fraction of sp³-hybridized carbons (Fsp3) is 0.318. The highest BCUT2D eigenvalue weighted by molar-refractivity contribution is 6.23. The molecule has 0 aromatic heterocycles. The average Bonchev–Trinajstić information content (AvgIpc) is 3.37. The Morgan fingerprint density at radius 1 is 0.852 bits per heavy atom. The lowest BCUT2D eigenvalue weighted by molar-refractivity contribution is -0.123. The summed E-state index contributed by atoms with van der Waals surface area (Å²) < 4.78 is 5.55. The monoisotopic (exact) mass is 361 g/mol. The fourth-order valence-corrected chi connectivity index (χ4v) is 5.11. The van der Waals surface area contributed by atoms with Crippen LogP contribution in [0.25, 0.3) is 0 Å². The van der Waals surface area contributed by atoms with Crippen molar-refractivity contribution < 1.29 is 19.1 Å². The first-order chi connectivity index (χ1) is 13.1. The minimum absolute atomic E-state index is 0.139. The lowest BCUT2D eigenvalue weighted by Crippen LogP contribution is -2.33. The summed E-state index contributed by atoms with van der Waals surface area (Å²) in [5, 5.41) is 0. The molecular formula is C22H19NO4. The normalized spacial score (nSPS) is 28.5. The molecule has 136 valence electrons. The van der Waals surface area contributed by atoms with Gasteiger partial charge in [0.05, 0.1) is 23.1 Å². The van der Waals surface area contributed by atoms with Crippen molar-refractivity contribution in [3.8, 4) is 5.75 Å². The van der Waals surface area contributed by atoms with Crippen molar-refractivity contribution in [1.82, 2.24) is 0 Å². The number of anilines is 1. The molecule has 5 rings (SSSR count). The van der Waals surface area contributed by atoms with Gasteiger partial charge in [0.2, 0.25) is 11.8 Å². The quantitative estimate of drug-likeness (QED) is 0.477. The van der Waals surface area contributed by atoms with E-state index in [1.165, 1.54) is 4.90 Å². The van der Waals surface area contributed by atoms with Crippen LogP contribution in [-0.2, 0) is 9.59 Å². The van der Waals surface area contributed by atoms with Crippen LogP contribution in [0.5, 0.6) is 5.75 Å². The van der Waals surface area contributed by atoms with E-state index in [0.717, 1.165) is 19.3 Å². The lowest BCUT2D eigenvalue weighted by Gasteiger charge is -2.20. The summed E-state index contributed by atoms with van der Waals surface area (Å²) in [5.74, 6) is -0.312. The van der Waals surface area contributed by atoms with Crippen molar-refractivity contribution in [3.63, 3.8) is 0 Å². The number of ether oxygens (including phenoxy) is 1. The highest BCUT2D eigenvalue weighted by atomic mass is 16.5. The van der Waals surface area contributed by atoms with E-state index in [-0.39, 0.29) is 29.4 Å². The number of hydrogen-bond donors (Lipinski definition) is 0. The van der Waals surface area contributed by atoms with E-state index in [1.54, 1.807) is 48.5 Å². The molecule has 5 heteroatoms. The maximum absolute atomic E-state index is 13.1. The molecule has 5 nitrogen and oxygen atoms in total. The number of imide groups is 1. The molecule has 0 unspecified atom stereocenters. The Morgan fingerprint density at radius 3 is 2.11 bits per heavy atom. The predicted molar refractivity (Wildman–Crippen MR) is 98.1 cm³/mol. The van der Waals surface area contributed by atoms with Crippen molar-refractivity contribution in [2.45, 2.75) is 19.3 Å². The van der Waals surface area contributed by atoms with Crippen LogP contribution in [0, 0.1) is 23.7 Å². The number of carbonyl (C=O) groups excluding carboxylic acids is 3. The summed E-state index contributed by atoms with van der Waals surface area (Å²) in [6.45, 7) is 0. The number of hydrogen-bond acceptors (Lipinski definition) is 4. The molecule has 2 aromatic carbocycles. The summed E-state index contributed by atoms with van der Waals surface area (Å²) >= 11 is 0. The van der Waals surface area contributed by atoms with Gasteiger partial charge >= 0.3 is 5.97 Å². The molecule has 1 saturated heterocycles. The van der Waals surface area contributed by atoms with Crippen molar-refractivity contribution in [3.05, 3.63) is 60.2 Å². The Hall–Kier alpha value is -2.95. The van der Waals surface area contributed by atoms with Crippen LogP contribution in [0.2, 0.25) is 0 Å². The van der Waals surface area contributed by atoms with E-state index in [2.05, 4.69) is 0 Å². The number of rotatable bonds is 3. The SMILES string of the molecule is O=C(Oc1ccccc1N1C(=O)[C@@H]2[C@@H]3CC[C@@H](C3)[C@@H]2C1=O)c1ccccc1. The van der Waals surface area contributed by atoms with Gasteiger partial charge in [-0.2, -0.15) is 0 Å². The highest BCUT2D eigenvalue weighted by Crippen LogP contribution is 2.57. The van der Waals surface area contributed by atoms with Crippen LogP contribution in [0.15, 0.2) is 54.6 Å². The van der Waals surface area contributed by atoms with Crippen LogP contribution in [0.1, 0.15) is 29.6 Å². The molecular weight excluding hydrogens is 342 g/mol. The molecule has 0 radical (unpaired) electrons. The molecule has 2 aromatic rings. The molecule has 27 heavy (non-hydrogen) atoms. The molecule has 2 saturated carbocycles. The van der Waals surface area contributed by atoms with Crippen LogP contribution >= 0.6 is 0 Å². The van der Waals surface area contributed by atoms with Crippen LogP contribution < -0.4 is 9.64 Å². The fourth-order valence-electron chi connectivity index (χ4n) is 5.11. The number of esters is 1. The van der Waals surface area contributed by atoms with Crippen LogP contribution in [0.3, 0.4) is 0 Å². The zero-order valence-corrected chi connectivity index (χ0v) is 14.7. The van der Waals surface area contributed by atoms with Gasteiger partial charge in [-0.15, -0.1) is 0 Å². The zero-order chi connectivity index (χ0) is 18.5. The molecule has 2 amide bonds. The standard InChI is InChI=1S/C22H19NO4/c24-20-18-14-10-11-15(12-14)19(18)21(25)23(20)16-8-4-5-9-17(16)27-22(26)13-6-2-1-3-7-13/h1-9,14-15,18-19H,10-12H2/t14-,15+,18-,19+. The minimum atomic E-state index is -0.512. The number of amides is 2. The maximum Gasteiger partial charge on any atom is 0.343 e. The molecule has 2 bridgehead atoms. The molecule has 1 heterocycles. The zero-order valence-electron chi connectivity index (χ0n) is 14.7. The molecule has 1 aliphatic heterocycles. The summed E-state index contributed by atoms with van der Waals surface area (Å²) in [6.07, 6.45) is 3.05. The molecule has 4 atom stereocenters. The first-order valence-electron chi connectivity index (χ1n) is 9.39. The Labute approximate surface area is 156 Å². The van der Waals surface area contributed by atoms with Gasteiger partial charge in [0, 0.05) is 0 Å². The Morgan fingerprint density at radius 2 is 1.44 bits per heavy atom. The molecule has 3 aliphatic rings. The third-order valence-electron chi connectivity index (χ3n) is 6.25. The van der Waals surface area contributed by atoms with E-state index >= 15 is 0 Å². The summed E-state index contributed by atoms with van der Waals surface area (Å²) in [7, 11) is 0. The smallest absolute Gasteiger partial charge is 0.343 e.